The first kappa shape index (κ1) is 18.3. The van der Waals surface area contributed by atoms with Crippen LogP contribution >= 0.6 is 11.6 Å². The number of hydrogen-bond donors (Lipinski definition) is 1. The van der Waals surface area contributed by atoms with Crippen LogP contribution in [-0.2, 0) is 0 Å². The maximum atomic E-state index is 13.2. The first-order chi connectivity index (χ1) is 12.5. The van der Waals surface area contributed by atoms with E-state index in [-0.39, 0.29) is 16.5 Å². The number of carbonyl (C=O) groups is 2. The maximum Gasteiger partial charge on any atom is 0.257 e. The van der Waals surface area contributed by atoms with Gasteiger partial charge in [-0.05, 0) is 37.1 Å². The molecule has 5 nitrogen and oxygen atoms in total. The van der Waals surface area contributed by atoms with Crippen molar-refractivity contribution in [3.63, 3.8) is 0 Å². The van der Waals surface area contributed by atoms with Crippen molar-refractivity contribution in [2.75, 3.05) is 18.4 Å². The zero-order chi connectivity index (χ0) is 18.5. The van der Waals surface area contributed by atoms with Crippen LogP contribution < -0.4 is 5.32 Å². The molecule has 1 aromatic carbocycles. The third-order valence-electron chi connectivity index (χ3n) is 4.32. The lowest BCUT2D eigenvalue weighted by atomic mass is 10.1. The summed E-state index contributed by atoms with van der Waals surface area (Å²) >= 11 is 5.72. The number of rotatable bonds is 3. The fourth-order valence-electron chi connectivity index (χ4n) is 2.91. The Morgan fingerprint density at radius 3 is 2.42 bits per heavy atom. The van der Waals surface area contributed by atoms with Gasteiger partial charge in [0, 0.05) is 31.2 Å². The monoisotopic (exact) mass is 375 g/mol. The van der Waals surface area contributed by atoms with Crippen LogP contribution in [0.25, 0.3) is 0 Å². The van der Waals surface area contributed by atoms with E-state index in [9.17, 15) is 14.0 Å². The Balaban J connectivity index is 1.74. The topological polar surface area (TPSA) is 62.3 Å². The zero-order valence-corrected chi connectivity index (χ0v) is 14.9. The summed E-state index contributed by atoms with van der Waals surface area (Å²) in [7, 11) is 0. The molecule has 2 amide bonds. The average Bonchev–Trinajstić information content (AvgIpc) is 2.93. The Hall–Kier alpha value is -2.47. The lowest BCUT2D eigenvalue weighted by Crippen LogP contribution is -2.32. The van der Waals surface area contributed by atoms with Crippen molar-refractivity contribution in [1.82, 2.24) is 9.88 Å². The summed E-state index contributed by atoms with van der Waals surface area (Å²) in [6.45, 7) is 1.45. The van der Waals surface area contributed by atoms with Gasteiger partial charge in [-0.1, -0.05) is 24.4 Å². The van der Waals surface area contributed by atoms with Crippen LogP contribution in [0.15, 0.2) is 36.7 Å². The van der Waals surface area contributed by atoms with Gasteiger partial charge in [0.1, 0.15) is 5.82 Å². The highest BCUT2D eigenvalue weighted by Gasteiger charge is 2.19. The number of pyridine rings is 1. The van der Waals surface area contributed by atoms with Crippen LogP contribution in [0.2, 0.25) is 5.02 Å². The molecule has 0 atom stereocenters. The van der Waals surface area contributed by atoms with Gasteiger partial charge in [0.2, 0.25) is 0 Å². The maximum absolute atomic E-state index is 13.2. The molecule has 0 saturated carbocycles. The number of nitrogens with one attached hydrogen (secondary N) is 1. The molecular weight excluding hydrogens is 357 g/mol. The predicted octanol–water partition coefficient (Wildman–Crippen LogP) is 4.14. The normalized spacial score (nSPS) is 14.6. The molecule has 2 heterocycles. The molecule has 3 rings (SSSR count). The van der Waals surface area contributed by atoms with Crippen molar-refractivity contribution in [3.8, 4) is 0 Å². The highest BCUT2D eigenvalue weighted by molar-refractivity contribution is 6.31. The molecule has 1 aliphatic heterocycles. The Morgan fingerprint density at radius 1 is 1.04 bits per heavy atom. The van der Waals surface area contributed by atoms with Crippen molar-refractivity contribution >= 4 is 29.1 Å². The fraction of sp³-hybridized carbons (Fsp3) is 0.316. The number of amides is 2. The number of hydrogen-bond acceptors (Lipinski definition) is 3. The van der Waals surface area contributed by atoms with Crippen LogP contribution in [0.1, 0.15) is 46.4 Å². The Bertz CT molecular complexity index is 820. The van der Waals surface area contributed by atoms with E-state index in [1.165, 1.54) is 36.7 Å². The van der Waals surface area contributed by atoms with Gasteiger partial charge in [0.15, 0.2) is 0 Å². The van der Waals surface area contributed by atoms with Gasteiger partial charge in [0.25, 0.3) is 11.8 Å². The lowest BCUT2D eigenvalue weighted by molar-refractivity contribution is 0.0761. The van der Waals surface area contributed by atoms with Crippen molar-refractivity contribution in [2.24, 2.45) is 0 Å². The molecule has 0 unspecified atom stereocenters. The van der Waals surface area contributed by atoms with Crippen LogP contribution in [0.4, 0.5) is 10.1 Å². The Morgan fingerprint density at radius 2 is 1.73 bits per heavy atom. The Kier molecular flexibility index (Phi) is 5.83. The highest BCUT2D eigenvalue weighted by atomic mass is 35.5. The van der Waals surface area contributed by atoms with Gasteiger partial charge in [-0.2, -0.15) is 0 Å². The number of anilines is 1. The molecule has 7 heteroatoms. The third kappa shape index (κ3) is 4.38. The summed E-state index contributed by atoms with van der Waals surface area (Å²) in [5.74, 6) is -1.11. The predicted molar refractivity (Wildman–Crippen MR) is 98.0 cm³/mol. The lowest BCUT2D eigenvalue weighted by Gasteiger charge is -2.20. The van der Waals surface area contributed by atoms with E-state index in [4.69, 9.17) is 11.6 Å². The third-order valence-corrected chi connectivity index (χ3v) is 4.61. The first-order valence-corrected chi connectivity index (χ1v) is 8.93. The van der Waals surface area contributed by atoms with E-state index in [0.717, 1.165) is 38.8 Å². The largest absolute Gasteiger partial charge is 0.339 e. The molecule has 0 aliphatic carbocycles. The molecule has 2 aromatic rings. The van der Waals surface area contributed by atoms with E-state index in [1.54, 1.807) is 0 Å². The van der Waals surface area contributed by atoms with E-state index in [2.05, 4.69) is 10.3 Å². The van der Waals surface area contributed by atoms with E-state index in [1.807, 2.05) is 4.90 Å². The molecule has 0 bridgehead atoms. The molecule has 136 valence electrons. The molecule has 0 radical (unpaired) electrons. The van der Waals surface area contributed by atoms with Gasteiger partial charge < -0.3 is 10.2 Å². The van der Waals surface area contributed by atoms with Gasteiger partial charge in [0.05, 0.1) is 16.1 Å². The summed E-state index contributed by atoms with van der Waals surface area (Å²) in [5.41, 5.74) is 1.01. The Labute approximate surface area is 156 Å². The standard InChI is InChI=1S/C19H19ClFN3O2/c20-16-10-15(5-6-17(16)21)23-18(25)13-9-14(12-22-11-13)19(26)24-7-3-1-2-4-8-24/h5-6,9-12H,1-4,7-8H2,(H,23,25). The van der Waals surface area contributed by atoms with Crippen LogP contribution in [0.5, 0.6) is 0 Å². The minimum absolute atomic E-state index is 0.0778. The number of halogens is 2. The number of benzene rings is 1. The van der Waals surface area contributed by atoms with Crippen molar-refractivity contribution in [2.45, 2.75) is 25.7 Å². The highest BCUT2D eigenvalue weighted by Crippen LogP contribution is 2.20. The van der Waals surface area contributed by atoms with Gasteiger partial charge in [-0.3, -0.25) is 14.6 Å². The molecule has 0 spiro atoms. The first-order valence-electron chi connectivity index (χ1n) is 8.55. The minimum Gasteiger partial charge on any atom is -0.339 e. The van der Waals surface area contributed by atoms with Gasteiger partial charge in [-0.15, -0.1) is 0 Å². The SMILES string of the molecule is O=C(Nc1ccc(F)c(Cl)c1)c1cncc(C(=O)N2CCCCCC2)c1. The summed E-state index contributed by atoms with van der Waals surface area (Å²) in [4.78, 5) is 30.9. The van der Waals surface area contributed by atoms with E-state index >= 15 is 0 Å². The van der Waals surface area contributed by atoms with Crippen LogP contribution in [0.3, 0.4) is 0 Å². The smallest absolute Gasteiger partial charge is 0.257 e. The van der Waals surface area contributed by atoms with Crippen molar-refractivity contribution in [1.29, 1.82) is 0 Å². The van der Waals surface area contributed by atoms with Gasteiger partial charge in [-0.25, -0.2) is 4.39 Å². The van der Waals surface area contributed by atoms with E-state index < -0.39 is 11.7 Å². The quantitative estimate of drug-likeness (QED) is 0.876. The second-order valence-electron chi connectivity index (χ2n) is 6.25. The van der Waals surface area contributed by atoms with Crippen molar-refractivity contribution < 1.29 is 14.0 Å². The molecule has 1 N–H and O–H groups in total. The molecule has 1 saturated heterocycles. The summed E-state index contributed by atoms with van der Waals surface area (Å²) in [6.07, 6.45) is 7.10. The van der Waals surface area contributed by atoms with Crippen molar-refractivity contribution in [3.05, 3.63) is 58.6 Å². The molecule has 1 aromatic heterocycles. The second-order valence-corrected chi connectivity index (χ2v) is 6.66. The number of likely N-dealkylation sites (tertiary alicyclic amines) is 1. The van der Waals surface area contributed by atoms with E-state index in [0.29, 0.717) is 11.3 Å². The number of nitrogens with zero attached hydrogens (tertiary/aromatic N) is 2. The summed E-state index contributed by atoms with van der Waals surface area (Å²) in [5, 5.41) is 2.55. The average molecular weight is 376 g/mol. The van der Waals surface area contributed by atoms with Crippen LogP contribution in [0, 0.1) is 5.82 Å². The zero-order valence-electron chi connectivity index (χ0n) is 14.2. The molecule has 1 aliphatic rings. The summed E-state index contributed by atoms with van der Waals surface area (Å²) in [6, 6.07) is 5.45. The number of aromatic nitrogens is 1. The number of carbonyl (C=O) groups excluding carboxylic acids is 2. The molecular formula is C19H19ClFN3O2. The molecule has 26 heavy (non-hydrogen) atoms. The second kappa shape index (κ2) is 8.27. The van der Waals surface area contributed by atoms with Gasteiger partial charge >= 0.3 is 0 Å². The minimum atomic E-state index is -0.559. The van der Waals surface area contributed by atoms with Crippen LogP contribution in [-0.4, -0.2) is 34.8 Å². The summed E-state index contributed by atoms with van der Waals surface area (Å²) < 4.78 is 13.2. The molecule has 1 fully saturated rings. The fourth-order valence-corrected chi connectivity index (χ4v) is 3.10.